The Morgan fingerprint density at radius 2 is 1.97 bits per heavy atom. The molecule has 1 N–H and O–H groups in total. The van der Waals surface area contributed by atoms with Crippen molar-refractivity contribution in [3.8, 4) is 11.5 Å². The van der Waals surface area contributed by atoms with Gasteiger partial charge in [0.15, 0.2) is 11.5 Å². The van der Waals surface area contributed by atoms with Crippen molar-refractivity contribution in [1.29, 1.82) is 0 Å². The summed E-state index contributed by atoms with van der Waals surface area (Å²) >= 11 is 3.16. The van der Waals surface area contributed by atoms with Gasteiger partial charge in [-0.25, -0.2) is 4.98 Å². The minimum atomic E-state index is -0.247. The normalized spacial score (nSPS) is 12.5. The molecule has 1 aliphatic rings. The van der Waals surface area contributed by atoms with Crippen LogP contribution in [0.5, 0.6) is 11.5 Å². The maximum absolute atomic E-state index is 12.6. The molecule has 162 valence electrons. The van der Waals surface area contributed by atoms with Crippen molar-refractivity contribution in [3.63, 3.8) is 0 Å². The molecule has 31 heavy (non-hydrogen) atoms. The molecule has 2 heterocycles. The molecule has 2 aromatic carbocycles. The van der Waals surface area contributed by atoms with Gasteiger partial charge in [-0.3, -0.25) is 9.59 Å². The molecule has 3 aromatic rings. The number of hydrogen-bond acceptors (Lipinski definition) is 7. The van der Waals surface area contributed by atoms with Crippen LogP contribution in [0.4, 0.5) is 5.69 Å². The van der Waals surface area contributed by atoms with E-state index in [0.29, 0.717) is 48.5 Å². The molecule has 7 nitrogen and oxygen atoms in total. The van der Waals surface area contributed by atoms with Gasteiger partial charge in [-0.1, -0.05) is 12.1 Å². The molecule has 9 heteroatoms. The predicted octanol–water partition coefficient (Wildman–Crippen LogP) is 3.79. The molecule has 0 bridgehead atoms. The van der Waals surface area contributed by atoms with Crippen molar-refractivity contribution in [1.82, 2.24) is 9.88 Å². The average molecular weight is 458 g/mol. The summed E-state index contributed by atoms with van der Waals surface area (Å²) in [6.07, 6.45) is 0. The summed E-state index contributed by atoms with van der Waals surface area (Å²) in [7, 11) is 0. The van der Waals surface area contributed by atoms with Crippen molar-refractivity contribution in [2.45, 2.75) is 12.7 Å². The number of ether oxygens (including phenoxy) is 2. The number of amides is 2. The van der Waals surface area contributed by atoms with Gasteiger partial charge in [-0.05, 0) is 31.2 Å². The van der Waals surface area contributed by atoms with E-state index in [-0.39, 0.29) is 18.4 Å². The summed E-state index contributed by atoms with van der Waals surface area (Å²) in [5, 5.41) is 3.82. The van der Waals surface area contributed by atoms with Crippen LogP contribution in [-0.4, -0.2) is 53.8 Å². The molecule has 0 spiro atoms. The predicted molar refractivity (Wildman–Crippen MR) is 124 cm³/mol. The van der Waals surface area contributed by atoms with Crippen molar-refractivity contribution < 1.29 is 19.1 Å². The monoisotopic (exact) mass is 457 g/mol. The third-order valence-corrected chi connectivity index (χ3v) is 6.83. The average Bonchev–Trinajstić information content (AvgIpc) is 3.20. The number of anilines is 1. The Morgan fingerprint density at radius 1 is 1.16 bits per heavy atom. The Hall–Kier alpha value is -2.78. The van der Waals surface area contributed by atoms with E-state index in [1.54, 1.807) is 34.4 Å². The summed E-state index contributed by atoms with van der Waals surface area (Å²) in [5.41, 5.74) is 1.60. The quantitative estimate of drug-likeness (QED) is 0.554. The lowest BCUT2D eigenvalue weighted by molar-refractivity contribution is -0.132. The second-order valence-corrected chi connectivity index (χ2v) is 8.98. The fraction of sp³-hybridized carbons (Fsp3) is 0.318. The Balaban J connectivity index is 1.26. The number of thioether (sulfide) groups is 1. The fourth-order valence-corrected chi connectivity index (χ4v) is 5.12. The summed E-state index contributed by atoms with van der Waals surface area (Å²) in [6.45, 7) is 3.34. The molecule has 0 saturated carbocycles. The molecule has 1 aromatic heterocycles. The number of thiazole rings is 1. The van der Waals surface area contributed by atoms with Gasteiger partial charge >= 0.3 is 0 Å². The zero-order chi connectivity index (χ0) is 21.6. The number of nitrogens with zero attached hydrogens (tertiary/aromatic N) is 2. The number of nitrogens with one attached hydrogen (secondary N) is 1. The standard InChI is InChI=1S/C22H23N3O4S2/c1-2-25(12-20(26)23-15-7-8-17-18(11-15)29-10-9-28-17)22(27)14-30-13-21-24-16-5-3-4-6-19(16)31-21/h3-8,11H,2,9-10,12-14H2,1H3,(H,23,26). The van der Waals surface area contributed by atoms with Crippen LogP contribution in [0.1, 0.15) is 11.9 Å². The van der Waals surface area contributed by atoms with Crippen molar-refractivity contribution in [3.05, 3.63) is 47.5 Å². The van der Waals surface area contributed by atoms with Crippen molar-refractivity contribution >= 4 is 50.8 Å². The first-order chi connectivity index (χ1) is 15.1. The number of aromatic nitrogens is 1. The summed E-state index contributed by atoms with van der Waals surface area (Å²) in [5.74, 6) is 1.94. The van der Waals surface area contributed by atoms with E-state index in [4.69, 9.17) is 9.47 Å². The van der Waals surface area contributed by atoms with Gasteiger partial charge in [0.1, 0.15) is 18.2 Å². The first kappa shape index (κ1) is 21.5. The SMILES string of the molecule is CCN(CC(=O)Nc1ccc2c(c1)OCCO2)C(=O)CSCc1nc2ccccc2s1. The summed E-state index contributed by atoms with van der Waals surface area (Å²) < 4.78 is 12.2. The lowest BCUT2D eigenvalue weighted by Crippen LogP contribution is -2.38. The van der Waals surface area contributed by atoms with Crippen molar-refractivity contribution in [2.75, 3.05) is 37.4 Å². The number of carbonyl (C=O) groups is 2. The molecule has 4 rings (SSSR count). The van der Waals surface area contributed by atoms with Gasteiger partial charge in [0.2, 0.25) is 11.8 Å². The molecule has 0 atom stereocenters. The van der Waals surface area contributed by atoms with Crippen LogP contribution in [0.15, 0.2) is 42.5 Å². The minimum Gasteiger partial charge on any atom is -0.486 e. The Bertz CT molecular complexity index is 1050. The highest BCUT2D eigenvalue weighted by atomic mass is 32.2. The maximum Gasteiger partial charge on any atom is 0.243 e. The Kier molecular flexibility index (Phi) is 6.93. The van der Waals surface area contributed by atoms with Gasteiger partial charge in [-0.15, -0.1) is 23.1 Å². The first-order valence-electron chi connectivity index (χ1n) is 10.0. The highest BCUT2D eigenvalue weighted by Gasteiger charge is 2.17. The molecule has 0 saturated heterocycles. The number of fused-ring (bicyclic) bond motifs is 2. The van der Waals surface area contributed by atoms with E-state index in [1.165, 1.54) is 11.8 Å². The highest BCUT2D eigenvalue weighted by Crippen LogP contribution is 2.32. The van der Waals surface area contributed by atoms with Gasteiger partial charge in [0.05, 0.1) is 22.5 Å². The molecular weight excluding hydrogens is 434 g/mol. The van der Waals surface area contributed by atoms with Crippen LogP contribution in [0, 0.1) is 0 Å². The van der Waals surface area contributed by atoms with Gasteiger partial charge in [0, 0.05) is 24.1 Å². The van der Waals surface area contributed by atoms with E-state index in [1.807, 2.05) is 31.2 Å². The summed E-state index contributed by atoms with van der Waals surface area (Å²) in [4.78, 5) is 31.2. The zero-order valence-corrected chi connectivity index (χ0v) is 18.8. The zero-order valence-electron chi connectivity index (χ0n) is 17.1. The van der Waals surface area contributed by atoms with Gasteiger partial charge < -0.3 is 19.7 Å². The molecule has 0 fully saturated rings. The van der Waals surface area contributed by atoms with Crippen LogP contribution in [0.25, 0.3) is 10.2 Å². The minimum absolute atomic E-state index is 0.00543. The largest absolute Gasteiger partial charge is 0.486 e. The van der Waals surface area contributed by atoms with E-state index < -0.39 is 0 Å². The molecule has 0 radical (unpaired) electrons. The molecule has 0 unspecified atom stereocenters. The van der Waals surface area contributed by atoms with Crippen LogP contribution in [0.2, 0.25) is 0 Å². The smallest absolute Gasteiger partial charge is 0.243 e. The lowest BCUT2D eigenvalue weighted by atomic mass is 10.2. The topological polar surface area (TPSA) is 80.8 Å². The molecule has 2 amide bonds. The number of likely N-dealkylation sites (N-methyl/N-ethyl adjacent to an activating group) is 1. The summed E-state index contributed by atoms with van der Waals surface area (Å²) in [6, 6.07) is 13.3. The first-order valence-corrected chi connectivity index (χ1v) is 12.0. The Labute approximate surface area is 188 Å². The third-order valence-electron chi connectivity index (χ3n) is 4.68. The second-order valence-electron chi connectivity index (χ2n) is 6.88. The third kappa shape index (κ3) is 5.48. The van der Waals surface area contributed by atoms with E-state index >= 15 is 0 Å². The van der Waals surface area contributed by atoms with Crippen LogP contribution in [0.3, 0.4) is 0 Å². The molecular formula is C22H23N3O4S2. The lowest BCUT2D eigenvalue weighted by Gasteiger charge is -2.21. The second kappa shape index (κ2) is 10.0. The van der Waals surface area contributed by atoms with Crippen molar-refractivity contribution in [2.24, 2.45) is 0 Å². The van der Waals surface area contributed by atoms with E-state index in [9.17, 15) is 9.59 Å². The number of carbonyl (C=O) groups excluding carboxylic acids is 2. The Morgan fingerprint density at radius 3 is 2.77 bits per heavy atom. The number of hydrogen-bond donors (Lipinski definition) is 1. The van der Waals surface area contributed by atoms with Gasteiger partial charge in [0.25, 0.3) is 0 Å². The maximum atomic E-state index is 12.6. The highest BCUT2D eigenvalue weighted by molar-refractivity contribution is 7.99. The van der Waals surface area contributed by atoms with Gasteiger partial charge in [-0.2, -0.15) is 0 Å². The van der Waals surface area contributed by atoms with Crippen LogP contribution in [-0.2, 0) is 15.3 Å². The fourth-order valence-electron chi connectivity index (χ4n) is 3.17. The van der Waals surface area contributed by atoms with Crippen LogP contribution >= 0.6 is 23.1 Å². The number of para-hydroxylation sites is 1. The number of rotatable bonds is 8. The van der Waals surface area contributed by atoms with E-state index in [2.05, 4.69) is 10.3 Å². The van der Waals surface area contributed by atoms with Crippen LogP contribution < -0.4 is 14.8 Å². The molecule has 1 aliphatic heterocycles. The number of benzene rings is 2. The molecule has 0 aliphatic carbocycles. The van der Waals surface area contributed by atoms with E-state index in [0.717, 1.165) is 15.2 Å².